The molecule has 2 aliphatic heterocycles. The van der Waals surface area contributed by atoms with Gasteiger partial charge < -0.3 is 13.9 Å². The van der Waals surface area contributed by atoms with Crippen LogP contribution < -0.4 is 10.4 Å². The minimum Gasteiger partial charge on any atom is -0.405 e. The third-order valence-corrected chi connectivity index (χ3v) is 13.4. The molecule has 0 aromatic heterocycles. The lowest BCUT2D eigenvalue weighted by Crippen LogP contribution is -2.66. The second-order valence-electron chi connectivity index (χ2n) is 10.3. The highest BCUT2D eigenvalue weighted by Crippen LogP contribution is 2.39. The van der Waals surface area contributed by atoms with Gasteiger partial charge in [-0.2, -0.15) is 8.42 Å². The van der Waals surface area contributed by atoms with Crippen LogP contribution in [-0.2, 0) is 28.2 Å². The minimum atomic E-state index is -3.76. The molecule has 2 saturated heterocycles. The Balaban J connectivity index is 1.48. The van der Waals surface area contributed by atoms with Crippen molar-refractivity contribution in [2.45, 2.75) is 69.5 Å². The van der Waals surface area contributed by atoms with Crippen molar-refractivity contribution in [3.63, 3.8) is 0 Å². The van der Waals surface area contributed by atoms with E-state index in [1.54, 1.807) is 0 Å². The van der Waals surface area contributed by atoms with Crippen LogP contribution in [-0.4, -0.2) is 59.6 Å². The van der Waals surface area contributed by atoms with Crippen LogP contribution in [0.15, 0.2) is 60.7 Å². The van der Waals surface area contributed by atoms with E-state index >= 15 is 0 Å². The van der Waals surface area contributed by atoms with E-state index in [0.717, 1.165) is 6.42 Å². The lowest BCUT2D eigenvalue weighted by molar-refractivity contribution is -0.0661. The van der Waals surface area contributed by atoms with Gasteiger partial charge in [0.25, 0.3) is 18.4 Å². The maximum absolute atomic E-state index is 11.9. The largest absolute Gasteiger partial charge is 0.405 e. The van der Waals surface area contributed by atoms with E-state index in [2.05, 4.69) is 69.3 Å². The van der Waals surface area contributed by atoms with E-state index in [1.807, 2.05) is 12.1 Å². The summed E-state index contributed by atoms with van der Waals surface area (Å²) in [5.41, 5.74) is 0. The first kappa shape index (κ1) is 26.8. The second-order valence-corrected chi connectivity index (χ2v) is 16.8. The Morgan fingerprint density at radius 2 is 1.57 bits per heavy atom. The van der Waals surface area contributed by atoms with Crippen LogP contribution in [0.25, 0.3) is 0 Å². The van der Waals surface area contributed by atoms with Crippen LogP contribution in [0.2, 0.25) is 5.04 Å². The Morgan fingerprint density at radius 3 is 2.11 bits per heavy atom. The summed E-state index contributed by atoms with van der Waals surface area (Å²) in [5.74, 6) is 0. The summed E-state index contributed by atoms with van der Waals surface area (Å²) in [7, 11) is -6.40. The lowest BCUT2D eigenvalue weighted by Gasteiger charge is -2.43. The van der Waals surface area contributed by atoms with Crippen molar-refractivity contribution in [1.29, 1.82) is 0 Å². The first-order chi connectivity index (χ1) is 16.7. The smallest absolute Gasteiger partial charge is 0.281 e. The third kappa shape index (κ3) is 6.18. The number of rotatable bonds is 10. The normalized spacial score (nSPS) is 25.4. The van der Waals surface area contributed by atoms with E-state index in [-0.39, 0.29) is 23.4 Å². The summed E-state index contributed by atoms with van der Waals surface area (Å²) in [4.78, 5) is 0. The van der Waals surface area contributed by atoms with Crippen molar-refractivity contribution < 1.29 is 26.5 Å². The van der Waals surface area contributed by atoms with E-state index in [9.17, 15) is 8.42 Å². The molecule has 9 heteroatoms. The fourth-order valence-electron chi connectivity index (χ4n) is 5.09. The monoisotopic (exact) mass is 538 g/mol. The quantitative estimate of drug-likeness (QED) is 0.198. The number of ether oxygens (including phenoxy) is 2. The van der Waals surface area contributed by atoms with Gasteiger partial charge in [-0.1, -0.05) is 81.4 Å². The van der Waals surface area contributed by atoms with E-state index in [0.29, 0.717) is 26.1 Å². The minimum absolute atomic E-state index is 0.0545. The molecule has 0 amide bonds. The van der Waals surface area contributed by atoms with Crippen molar-refractivity contribution in [3.8, 4) is 0 Å². The Hall–Kier alpha value is -1.26. The van der Waals surface area contributed by atoms with Gasteiger partial charge in [-0.15, -0.1) is 11.6 Å². The zero-order valence-electron chi connectivity index (χ0n) is 20.6. The molecule has 35 heavy (non-hydrogen) atoms. The average Bonchev–Trinajstić information content (AvgIpc) is 3.59. The van der Waals surface area contributed by atoms with Crippen molar-refractivity contribution >= 4 is 40.4 Å². The highest BCUT2D eigenvalue weighted by molar-refractivity contribution is 7.87. The van der Waals surface area contributed by atoms with Gasteiger partial charge in [-0.3, -0.25) is 4.18 Å². The first-order valence-corrected chi connectivity index (χ1v) is 16.2. The van der Waals surface area contributed by atoms with Crippen LogP contribution in [0.4, 0.5) is 0 Å². The van der Waals surface area contributed by atoms with Crippen LogP contribution >= 0.6 is 11.6 Å². The second kappa shape index (κ2) is 11.0. The summed E-state index contributed by atoms with van der Waals surface area (Å²) >= 11 is 5.53. The Kier molecular flexibility index (Phi) is 8.42. The van der Waals surface area contributed by atoms with Gasteiger partial charge in [-0.25, -0.2) is 0 Å². The number of hydrogen-bond donors (Lipinski definition) is 0. The molecular formula is C26H35ClO6SSi. The molecule has 0 unspecified atom stereocenters. The molecule has 4 atom stereocenters. The maximum atomic E-state index is 11.9. The molecule has 2 fully saturated rings. The number of halogens is 1. The van der Waals surface area contributed by atoms with Gasteiger partial charge in [0, 0.05) is 13.0 Å². The summed E-state index contributed by atoms with van der Waals surface area (Å²) < 4.78 is 47.9. The predicted molar refractivity (Wildman–Crippen MR) is 140 cm³/mol. The number of alkyl halides is 1. The van der Waals surface area contributed by atoms with E-state index < -0.39 is 29.8 Å². The Morgan fingerprint density at radius 1 is 0.971 bits per heavy atom. The van der Waals surface area contributed by atoms with Gasteiger partial charge in [0.15, 0.2) is 0 Å². The third-order valence-electron chi connectivity index (χ3n) is 6.82. The van der Waals surface area contributed by atoms with Gasteiger partial charge in [0.05, 0.1) is 18.8 Å². The number of hydrogen-bond acceptors (Lipinski definition) is 6. The molecule has 0 N–H and O–H groups in total. The molecule has 0 spiro atoms. The summed E-state index contributed by atoms with van der Waals surface area (Å²) in [6.45, 7) is 7.80. The van der Waals surface area contributed by atoms with Crippen LogP contribution in [0.5, 0.6) is 0 Å². The van der Waals surface area contributed by atoms with Crippen LogP contribution in [0.3, 0.4) is 0 Å². The standard InChI is InChI=1S/C26H35ClO6SSi/c1-26(2,3)35(20-11-6-4-7-12-20,21-13-8-5-9-14-21)31-18-25-24(32-25)17-23-22(15-10-16-30-23)33-34(28,29)19-27/h4-9,11-14,22-25H,10,15-19H2,1-3H3/t22-,23-,24+,25-/m1/s1. The molecule has 0 bridgehead atoms. The lowest BCUT2D eigenvalue weighted by atomic mass is 10.0. The van der Waals surface area contributed by atoms with Crippen molar-refractivity contribution in [2.24, 2.45) is 0 Å². The molecule has 2 aromatic rings. The summed E-state index contributed by atoms with van der Waals surface area (Å²) in [6, 6.07) is 21.0. The average molecular weight is 539 g/mol. The highest BCUT2D eigenvalue weighted by Gasteiger charge is 2.52. The molecule has 0 radical (unpaired) electrons. The molecule has 2 aromatic carbocycles. The van der Waals surface area contributed by atoms with Gasteiger partial charge in [0.1, 0.15) is 17.4 Å². The Labute approximate surface area is 215 Å². The number of benzene rings is 2. The topological polar surface area (TPSA) is 74.4 Å². The highest BCUT2D eigenvalue weighted by atomic mass is 35.5. The van der Waals surface area contributed by atoms with E-state index in [4.69, 9.17) is 29.7 Å². The Bertz CT molecular complexity index is 1020. The van der Waals surface area contributed by atoms with Gasteiger partial charge in [-0.05, 0) is 28.3 Å². The molecule has 192 valence electrons. The first-order valence-electron chi connectivity index (χ1n) is 12.2. The molecular weight excluding hydrogens is 504 g/mol. The molecule has 2 aliphatic rings. The maximum Gasteiger partial charge on any atom is 0.281 e. The number of epoxide rings is 1. The van der Waals surface area contributed by atoms with Crippen molar-refractivity contribution in [3.05, 3.63) is 60.7 Å². The molecule has 2 heterocycles. The molecule has 0 aliphatic carbocycles. The molecule has 0 saturated carbocycles. The van der Waals surface area contributed by atoms with Gasteiger partial charge >= 0.3 is 0 Å². The van der Waals surface area contributed by atoms with Crippen molar-refractivity contribution in [1.82, 2.24) is 0 Å². The van der Waals surface area contributed by atoms with Crippen molar-refractivity contribution in [2.75, 3.05) is 18.4 Å². The van der Waals surface area contributed by atoms with Crippen LogP contribution in [0.1, 0.15) is 40.0 Å². The predicted octanol–water partition coefficient (Wildman–Crippen LogP) is 3.81. The van der Waals surface area contributed by atoms with E-state index in [1.165, 1.54) is 10.4 Å². The summed E-state index contributed by atoms with van der Waals surface area (Å²) in [5, 5.41) is 1.78. The fourth-order valence-corrected chi connectivity index (χ4v) is 10.5. The van der Waals surface area contributed by atoms with Crippen LogP contribution in [0, 0.1) is 0 Å². The zero-order valence-corrected chi connectivity index (χ0v) is 23.1. The molecule has 6 nitrogen and oxygen atoms in total. The zero-order chi connectivity index (χ0) is 25.1. The molecule has 4 rings (SSSR count). The SMILES string of the molecule is CC(C)(C)[Si](OC[C@H]1O[C@H]1C[C@H]1OCCC[C@H]1OS(=O)(=O)CCl)(c1ccccc1)c1ccccc1. The van der Waals surface area contributed by atoms with Gasteiger partial charge in [0.2, 0.25) is 0 Å². The fraction of sp³-hybridized carbons (Fsp3) is 0.538. The summed E-state index contributed by atoms with van der Waals surface area (Å²) in [6.07, 6.45) is 0.951.